The van der Waals surface area contributed by atoms with Crippen LogP contribution in [0, 0.1) is 0 Å². The van der Waals surface area contributed by atoms with Gasteiger partial charge in [0.05, 0.1) is 32.5 Å². The highest BCUT2D eigenvalue weighted by Crippen LogP contribution is 2.36. The predicted molar refractivity (Wildman–Crippen MR) is 169 cm³/mol. The van der Waals surface area contributed by atoms with Gasteiger partial charge in [0.1, 0.15) is 27.4 Å². The van der Waals surface area contributed by atoms with Crippen molar-refractivity contribution in [2.24, 2.45) is 0 Å². The van der Waals surface area contributed by atoms with Gasteiger partial charge in [-0.3, -0.25) is 14.2 Å². The second-order valence-corrected chi connectivity index (χ2v) is 13.5. The third-order valence-electron chi connectivity index (χ3n) is 7.42. The van der Waals surface area contributed by atoms with Crippen LogP contribution in [0.5, 0.6) is 11.5 Å². The van der Waals surface area contributed by atoms with E-state index in [2.05, 4.69) is 15.0 Å². The molecule has 0 unspecified atom stereocenters. The molecule has 1 fully saturated rings. The number of aromatic nitrogens is 3. The molecule has 0 saturated carbocycles. The van der Waals surface area contributed by atoms with Crippen LogP contribution in [-0.4, -0.2) is 91.2 Å². The quantitative estimate of drug-likeness (QED) is 0.278. The number of hydrogen-bond donors (Lipinski definition) is 1. The van der Waals surface area contributed by atoms with Crippen molar-refractivity contribution in [3.63, 3.8) is 0 Å². The predicted octanol–water partition coefficient (Wildman–Crippen LogP) is 4.15. The van der Waals surface area contributed by atoms with E-state index >= 15 is 0 Å². The van der Waals surface area contributed by atoms with Crippen molar-refractivity contribution in [2.75, 3.05) is 45.1 Å². The van der Waals surface area contributed by atoms with Crippen LogP contribution in [0.4, 0.5) is 10.6 Å². The number of aryl methyl sites for hydroxylation is 1. The number of carbonyl (C=O) groups excluding carboxylic acids is 2. The molecule has 1 aliphatic rings. The summed E-state index contributed by atoms with van der Waals surface area (Å²) in [5, 5.41) is 8.69. The average Bonchev–Trinajstić information content (AvgIpc) is 3.66. The minimum atomic E-state index is -4.09. The summed E-state index contributed by atoms with van der Waals surface area (Å²) in [5.41, 5.74) is 1.68. The molecule has 5 rings (SSSR count). The fraction of sp³-hybridized carbons (Fsp3) is 0.419. The lowest BCUT2D eigenvalue weighted by Gasteiger charge is -2.35. The highest BCUT2D eigenvalue weighted by atomic mass is 32.2. The molecule has 0 radical (unpaired) electrons. The molecule has 0 bridgehead atoms. The van der Waals surface area contributed by atoms with Gasteiger partial charge in [0.15, 0.2) is 11.4 Å². The number of sulfonamides is 1. The fourth-order valence-corrected chi connectivity index (χ4v) is 6.32. The third kappa shape index (κ3) is 7.03. The zero-order valence-electron chi connectivity index (χ0n) is 26.7. The zero-order chi connectivity index (χ0) is 33.2. The van der Waals surface area contributed by atoms with Crippen molar-refractivity contribution < 1.29 is 36.7 Å². The summed E-state index contributed by atoms with van der Waals surface area (Å²) in [6.45, 7) is 9.16. The van der Waals surface area contributed by atoms with Gasteiger partial charge in [-0.25, -0.2) is 13.2 Å². The number of fused-ring (bicyclic) bond motifs is 1. The van der Waals surface area contributed by atoms with Crippen LogP contribution in [0.2, 0.25) is 0 Å². The molecule has 14 nitrogen and oxygen atoms in total. The van der Waals surface area contributed by atoms with Crippen molar-refractivity contribution in [3.05, 3.63) is 59.4 Å². The molecule has 15 heteroatoms. The molecule has 1 N–H and O–H groups in total. The SMILES string of the molecule is CCc1ccc(OC)c(S(=O)(=O)Nc2noc3cc(Cn4cc(C(=O)N5CCN(C(=O)OC(C)(C)C)CC5)cn4)cc(OC)c23)c1. The Labute approximate surface area is 267 Å². The molecule has 0 aliphatic carbocycles. The maximum Gasteiger partial charge on any atom is 0.410 e. The number of nitrogens with one attached hydrogen (secondary N) is 1. The van der Waals surface area contributed by atoms with E-state index in [0.29, 0.717) is 54.9 Å². The number of piperazine rings is 1. The van der Waals surface area contributed by atoms with E-state index in [-0.39, 0.29) is 28.9 Å². The summed E-state index contributed by atoms with van der Waals surface area (Å²) < 4.78 is 52.7. The highest BCUT2D eigenvalue weighted by Gasteiger charge is 2.29. The third-order valence-corrected chi connectivity index (χ3v) is 8.78. The maximum atomic E-state index is 13.4. The van der Waals surface area contributed by atoms with Crippen molar-refractivity contribution >= 4 is 38.8 Å². The van der Waals surface area contributed by atoms with Crippen LogP contribution in [0.1, 0.15) is 49.2 Å². The Balaban J connectivity index is 1.29. The molecule has 46 heavy (non-hydrogen) atoms. The van der Waals surface area contributed by atoms with Gasteiger partial charge in [0, 0.05) is 32.4 Å². The smallest absolute Gasteiger partial charge is 0.410 e. The second kappa shape index (κ2) is 12.9. The fourth-order valence-electron chi connectivity index (χ4n) is 5.09. The molecule has 3 heterocycles. The summed E-state index contributed by atoms with van der Waals surface area (Å²) in [7, 11) is -1.22. The van der Waals surface area contributed by atoms with Crippen molar-refractivity contribution in [1.29, 1.82) is 0 Å². The lowest BCUT2D eigenvalue weighted by Crippen LogP contribution is -2.51. The number of carbonyl (C=O) groups is 2. The Morgan fingerprint density at radius 1 is 0.978 bits per heavy atom. The first-order valence-electron chi connectivity index (χ1n) is 14.8. The van der Waals surface area contributed by atoms with Crippen LogP contribution < -0.4 is 14.2 Å². The van der Waals surface area contributed by atoms with Gasteiger partial charge in [-0.2, -0.15) is 5.10 Å². The first-order valence-corrected chi connectivity index (χ1v) is 16.3. The van der Waals surface area contributed by atoms with Crippen molar-refractivity contribution in [2.45, 2.75) is 51.2 Å². The summed E-state index contributed by atoms with van der Waals surface area (Å²) in [5.74, 6) is 0.330. The molecular formula is C31H38N6O8S. The molecule has 246 valence electrons. The number of hydrogen-bond acceptors (Lipinski definition) is 10. The van der Waals surface area contributed by atoms with Gasteiger partial charge in [-0.1, -0.05) is 18.1 Å². The number of ether oxygens (including phenoxy) is 3. The van der Waals surface area contributed by atoms with Gasteiger partial charge in [0.25, 0.3) is 15.9 Å². The number of rotatable bonds is 9. The number of anilines is 1. The average molecular weight is 655 g/mol. The first-order chi connectivity index (χ1) is 21.8. The van der Waals surface area contributed by atoms with Crippen LogP contribution in [0.25, 0.3) is 11.0 Å². The van der Waals surface area contributed by atoms with E-state index < -0.39 is 21.7 Å². The minimum Gasteiger partial charge on any atom is -0.496 e. The number of methoxy groups -OCH3 is 2. The summed E-state index contributed by atoms with van der Waals surface area (Å²) in [4.78, 5) is 28.8. The van der Waals surface area contributed by atoms with E-state index in [1.54, 1.807) is 51.0 Å². The molecule has 2 amide bonds. The molecule has 1 aliphatic heterocycles. The van der Waals surface area contributed by atoms with Gasteiger partial charge in [-0.15, -0.1) is 0 Å². The Morgan fingerprint density at radius 2 is 1.67 bits per heavy atom. The van der Waals surface area contributed by atoms with Crippen LogP contribution >= 0.6 is 0 Å². The summed E-state index contributed by atoms with van der Waals surface area (Å²) in [6.07, 6.45) is 3.41. The van der Waals surface area contributed by atoms with Gasteiger partial charge in [0.2, 0.25) is 0 Å². The first kappa shape index (κ1) is 32.6. The number of benzene rings is 2. The van der Waals surface area contributed by atoms with Crippen molar-refractivity contribution in [1.82, 2.24) is 24.7 Å². The normalized spacial score (nSPS) is 14.0. The van der Waals surface area contributed by atoms with E-state index in [1.807, 2.05) is 27.7 Å². The van der Waals surface area contributed by atoms with E-state index in [1.165, 1.54) is 20.4 Å². The topological polar surface area (TPSA) is 158 Å². The zero-order valence-corrected chi connectivity index (χ0v) is 27.5. The lowest BCUT2D eigenvalue weighted by atomic mass is 10.1. The maximum absolute atomic E-state index is 13.4. The second-order valence-electron chi connectivity index (χ2n) is 11.8. The van der Waals surface area contributed by atoms with Crippen LogP contribution in [0.3, 0.4) is 0 Å². The molecule has 2 aromatic heterocycles. The van der Waals surface area contributed by atoms with Gasteiger partial charge < -0.3 is 28.5 Å². The van der Waals surface area contributed by atoms with E-state index in [9.17, 15) is 18.0 Å². The van der Waals surface area contributed by atoms with E-state index in [0.717, 1.165) is 11.1 Å². The summed E-state index contributed by atoms with van der Waals surface area (Å²) >= 11 is 0. The summed E-state index contributed by atoms with van der Waals surface area (Å²) in [6, 6.07) is 8.42. The van der Waals surface area contributed by atoms with Crippen molar-refractivity contribution in [3.8, 4) is 11.5 Å². The largest absolute Gasteiger partial charge is 0.496 e. The Hall–Kier alpha value is -4.79. The molecule has 2 aromatic carbocycles. The number of nitrogens with zero attached hydrogens (tertiary/aromatic N) is 5. The molecule has 0 spiro atoms. The molecule has 0 atom stereocenters. The molecule has 4 aromatic rings. The van der Waals surface area contributed by atoms with Gasteiger partial charge >= 0.3 is 6.09 Å². The molecular weight excluding hydrogens is 616 g/mol. The Bertz CT molecular complexity index is 1850. The minimum absolute atomic E-state index is 0.0185. The van der Waals surface area contributed by atoms with E-state index in [4.69, 9.17) is 18.7 Å². The molecule has 1 saturated heterocycles. The van der Waals surface area contributed by atoms with Crippen LogP contribution in [0.15, 0.2) is 52.1 Å². The Morgan fingerprint density at radius 3 is 2.33 bits per heavy atom. The monoisotopic (exact) mass is 654 g/mol. The van der Waals surface area contributed by atoms with Gasteiger partial charge in [-0.05, 0) is 62.6 Å². The number of amides is 2. The lowest BCUT2D eigenvalue weighted by molar-refractivity contribution is 0.0141. The highest BCUT2D eigenvalue weighted by molar-refractivity contribution is 7.92. The Kier molecular flexibility index (Phi) is 9.15. The van der Waals surface area contributed by atoms with Crippen LogP contribution in [-0.2, 0) is 27.7 Å². The standard InChI is InChI=1S/C31H38N6O8S/c1-7-20-8-9-23(42-5)26(16-20)46(40,41)34-28-27-24(43-6)14-21(15-25(27)45-33-28)18-37-19-22(17-32-37)29(38)35-10-12-36(13-11-35)30(39)44-31(2,3)4/h8-9,14-17,19H,7,10-13,18H2,1-6H3,(H,33,34).